The summed E-state index contributed by atoms with van der Waals surface area (Å²) < 4.78 is 25.2. The highest BCUT2D eigenvalue weighted by atomic mass is 32.2. The maximum atomic E-state index is 13.1. The van der Waals surface area contributed by atoms with Crippen LogP contribution in [0, 0.1) is 0 Å². The molecule has 140 valence electrons. The lowest BCUT2D eigenvalue weighted by Crippen LogP contribution is -2.48. The molecule has 2 fully saturated rings. The van der Waals surface area contributed by atoms with E-state index in [0.29, 0.717) is 16.6 Å². The van der Waals surface area contributed by atoms with Gasteiger partial charge in [-0.3, -0.25) is 14.2 Å². The van der Waals surface area contributed by atoms with Gasteiger partial charge >= 0.3 is 0 Å². The summed E-state index contributed by atoms with van der Waals surface area (Å²) in [7, 11) is -3.08. The summed E-state index contributed by atoms with van der Waals surface area (Å²) >= 11 is 1.39. The van der Waals surface area contributed by atoms with Gasteiger partial charge in [0.15, 0.2) is 9.84 Å². The van der Waals surface area contributed by atoms with Crippen LogP contribution < -0.4 is 5.56 Å². The first-order valence-corrected chi connectivity index (χ1v) is 11.6. The van der Waals surface area contributed by atoms with Crippen LogP contribution in [0.2, 0.25) is 0 Å². The van der Waals surface area contributed by atoms with Crippen molar-refractivity contribution < 1.29 is 13.2 Å². The van der Waals surface area contributed by atoms with E-state index >= 15 is 0 Å². The van der Waals surface area contributed by atoms with Crippen molar-refractivity contribution in [1.29, 1.82) is 0 Å². The number of amides is 1. The maximum absolute atomic E-state index is 13.1. The number of nitrogens with zero attached hydrogens (tertiary/aromatic N) is 3. The fraction of sp³-hybridized carbons (Fsp3) is 0.588. The minimum absolute atomic E-state index is 0.0337. The van der Waals surface area contributed by atoms with Crippen molar-refractivity contribution in [2.45, 2.75) is 50.7 Å². The van der Waals surface area contributed by atoms with Crippen molar-refractivity contribution in [3.8, 4) is 0 Å². The standard InChI is InChI=1S/C17H21N3O4S2/c21-15(9-19-11-18-16-14(17(19)22)5-7-25-16)20(12-3-1-2-4-12)13-6-8-26(23,24)10-13/h5,7,11-13H,1-4,6,8-10H2. The molecule has 1 amide bonds. The number of hydrogen-bond acceptors (Lipinski definition) is 6. The fourth-order valence-corrected chi connectivity index (χ4v) is 6.55. The summed E-state index contributed by atoms with van der Waals surface area (Å²) in [5.41, 5.74) is -0.227. The van der Waals surface area contributed by atoms with Gasteiger partial charge < -0.3 is 4.90 Å². The summed E-state index contributed by atoms with van der Waals surface area (Å²) in [6.07, 6.45) is 5.81. The Morgan fingerprint density at radius 3 is 2.73 bits per heavy atom. The lowest BCUT2D eigenvalue weighted by Gasteiger charge is -2.34. The molecule has 0 aromatic carbocycles. The molecule has 7 nitrogen and oxygen atoms in total. The van der Waals surface area contributed by atoms with Gasteiger partial charge in [-0.2, -0.15) is 0 Å². The van der Waals surface area contributed by atoms with Gasteiger partial charge in [-0.05, 0) is 30.7 Å². The van der Waals surface area contributed by atoms with Crippen LogP contribution in [0.25, 0.3) is 10.2 Å². The Morgan fingerprint density at radius 2 is 2.04 bits per heavy atom. The minimum Gasteiger partial charge on any atom is -0.334 e. The maximum Gasteiger partial charge on any atom is 0.262 e. The van der Waals surface area contributed by atoms with Gasteiger partial charge in [-0.1, -0.05) is 12.8 Å². The average Bonchev–Trinajstić information content (AvgIpc) is 3.32. The SMILES string of the molecule is O=C(Cn1cnc2sccc2c1=O)N(C1CCCC1)C1CCS(=O)(=O)C1. The number of carbonyl (C=O) groups is 1. The van der Waals surface area contributed by atoms with Crippen LogP contribution in [0.4, 0.5) is 0 Å². The average molecular weight is 396 g/mol. The Bertz CT molecular complexity index is 989. The van der Waals surface area contributed by atoms with Crippen LogP contribution in [0.3, 0.4) is 0 Å². The molecule has 2 aromatic heterocycles. The highest BCUT2D eigenvalue weighted by Crippen LogP contribution is 2.29. The van der Waals surface area contributed by atoms with E-state index in [1.165, 1.54) is 22.2 Å². The number of aromatic nitrogens is 2. The van der Waals surface area contributed by atoms with Gasteiger partial charge in [0.2, 0.25) is 5.91 Å². The summed E-state index contributed by atoms with van der Waals surface area (Å²) in [5.74, 6) is -0.0138. The quantitative estimate of drug-likeness (QED) is 0.781. The number of sulfone groups is 1. The molecular weight excluding hydrogens is 374 g/mol. The first kappa shape index (κ1) is 17.7. The second-order valence-electron chi connectivity index (χ2n) is 7.11. The number of carbonyl (C=O) groups excluding carboxylic acids is 1. The number of hydrogen-bond donors (Lipinski definition) is 0. The molecule has 26 heavy (non-hydrogen) atoms. The fourth-order valence-electron chi connectivity index (χ4n) is 4.12. The van der Waals surface area contributed by atoms with E-state index in [9.17, 15) is 18.0 Å². The zero-order chi connectivity index (χ0) is 18.3. The zero-order valence-electron chi connectivity index (χ0n) is 14.3. The van der Waals surface area contributed by atoms with Crippen LogP contribution in [0.5, 0.6) is 0 Å². The van der Waals surface area contributed by atoms with Gasteiger partial charge in [-0.25, -0.2) is 13.4 Å². The van der Waals surface area contributed by atoms with Crippen molar-refractivity contribution in [3.63, 3.8) is 0 Å². The largest absolute Gasteiger partial charge is 0.334 e. The van der Waals surface area contributed by atoms with Gasteiger partial charge in [0.1, 0.15) is 11.4 Å². The number of rotatable bonds is 4. The topological polar surface area (TPSA) is 89.3 Å². The van der Waals surface area contributed by atoms with Crippen molar-refractivity contribution in [2.24, 2.45) is 0 Å². The summed E-state index contributed by atoms with van der Waals surface area (Å²) in [6.45, 7) is -0.0926. The van der Waals surface area contributed by atoms with Gasteiger partial charge in [0.25, 0.3) is 5.56 Å². The molecule has 0 spiro atoms. The molecule has 1 saturated carbocycles. The van der Waals surface area contributed by atoms with Gasteiger partial charge in [-0.15, -0.1) is 11.3 Å². The predicted octanol–water partition coefficient (Wildman–Crippen LogP) is 1.42. The Labute approximate surface area is 155 Å². The lowest BCUT2D eigenvalue weighted by atomic mass is 10.1. The molecule has 2 aliphatic rings. The third-order valence-corrected chi connectivity index (χ3v) is 7.93. The summed E-state index contributed by atoms with van der Waals surface area (Å²) in [5, 5.41) is 2.32. The van der Waals surface area contributed by atoms with Crippen LogP contribution in [-0.2, 0) is 21.2 Å². The summed E-state index contributed by atoms with van der Waals surface area (Å²) in [4.78, 5) is 32.3. The predicted molar refractivity (Wildman–Crippen MR) is 100 cm³/mol. The highest BCUT2D eigenvalue weighted by Gasteiger charge is 2.39. The van der Waals surface area contributed by atoms with Crippen LogP contribution in [-0.4, -0.2) is 52.4 Å². The molecule has 9 heteroatoms. The molecule has 4 rings (SSSR count). The van der Waals surface area contributed by atoms with E-state index < -0.39 is 9.84 Å². The van der Waals surface area contributed by atoms with Crippen molar-refractivity contribution in [3.05, 3.63) is 28.1 Å². The van der Waals surface area contributed by atoms with Crippen molar-refractivity contribution >= 4 is 37.3 Å². The molecule has 0 bridgehead atoms. The van der Waals surface area contributed by atoms with Crippen molar-refractivity contribution in [1.82, 2.24) is 14.5 Å². The molecule has 2 aromatic rings. The van der Waals surface area contributed by atoms with Crippen molar-refractivity contribution in [2.75, 3.05) is 11.5 Å². The molecule has 1 atom stereocenters. The molecule has 1 aliphatic carbocycles. The Balaban J connectivity index is 1.61. The van der Waals surface area contributed by atoms with E-state index in [2.05, 4.69) is 4.98 Å². The lowest BCUT2D eigenvalue weighted by molar-refractivity contribution is -0.136. The normalized spacial score (nSPS) is 22.8. The second kappa shape index (κ2) is 6.77. The smallest absolute Gasteiger partial charge is 0.262 e. The molecule has 1 saturated heterocycles. The summed E-state index contributed by atoms with van der Waals surface area (Å²) in [6, 6.07) is 1.52. The monoisotopic (exact) mass is 395 g/mol. The van der Waals surface area contributed by atoms with E-state index in [0.717, 1.165) is 25.7 Å². The van der Waals surface area contributed by atoms with Crippen LogP contribution >= 0.6 is 11.3 Å². The Hall–Kier alpha value is -1.74. The molecule has 1 aliphatic heterocycles. The Kier molecular flexibility index (Phi) is 4.60. The van der Waals surface area contributed by atoms with E-state index in [-0.39, 0.29) is 41.6 Å². The third kappa shape index (κ3) is 3.29. The van der Waals surface area contributed by atoms with Gasteiger partial charge in [0, 0.05) is 12.1 Å². The Morgan fingerprint density at radius 1 is 1.27 bits per heavy atom. The molecule has 0 radical (unpaired) electrons. The minimum atomic E-state index is -3.08. The van der Waals surface area contributed by atoms with Gasteiger partial charge in [0.05, 0.1) is 23.2 Å². The number of fused-ring (bicyclic) bond motifs is 1. The molecule has 0 N–H and O–H groups in total. The van der Waals surface area contributed by atoms with E-state index in [1.54, 1.807) is 16.3 Å². The third-order valence-electron chi connectivity index (χ3n) is 5.36. The van der Waals surface area contributed by atoms with Crippen LogP contribution in [0.15, 0.2) is 22.6 Å². The van der Waals surface area contributed by atoms with E-state index in [4.69, 9.17) is 0 Å². The molecule has 3 heterocycles. The molecular formula is C17H21N3O4S2. The molecule has 1 unspecified atom stereocenters. The zero-order valence-corrected chi connectivity index (χ0v) is 16.0. The van der Waals surface area contributed by atoms with E-state index in [1.807, 2.05) is 0 Å². The highest BCUT2D eigenvalue weighted by molar-refractivity contribution is 7.91. The van der Waals surface area contributed by atoms with Crippen LogP contribution in [0.1, 0.15) is 32.1 Å². The number of thiophene rings is 1. The first-order valence-electron chi connectivity index (χ1n) is 8.89. The second-order valence-corrected chi connectivity index (χ2v) is 10.2. The first-order chi connectivity index (χ1) is 12.4.